The molecule has 2 aliphatic rings. The van der Waals surface area contributed by atoms with E-state index < -0.39 is 10.0 Å². The first kappa shape index (κ1) is 24.7. The number of carbonyl (C=O) groups is 1. The topological polar surface area (TPSA) is 92.5 Å². The minimum atomic E-state index is -3.86. The summed E-state index contributed by atoms with van der Waals surface area (Å²) < 4.78 is 34.1. The van der Waals surface area contributed by atoms with Crippen LogP contribution in [0.5, 0.6) is 0 Å². The summed E-state index contributed by atoms with van der Waals surface area (Å²) in [6, 6.07) is 6.34. The van der Waals surface area contributed by atoms with Gasteiger partial charge in [0.2, 0.25) is 15.9 Å². The molecule has 1 atom stereocenters. The number of piperidine rings is 1. The predicted octanol–water partition coefficient (Wildman–Crippen LogP) is 4.62. The standard InChI is InChI=1S/C26H35N3O4S/c1-18-11-12-19(2)21(16-18)13-14-24-25(20(3)28-33-24)34(31,32)29-15-7-8-22(17-29)26(30)27-23-9-5-4-6-10-23/h11-14,16,22-23H,4-10,15,17H2,1-3H3,(H,27,30)/b14-13+/t22-/m1/s1. The smallest absolute Gasteiger partial charge is 0.248 e. The summed E-state index contributed by atoms with van der Waals surface area (Å²) in [6.45, 7) is 6.24. The molecule has 2 heterocycles. The Morgan fingerprint density at radius 1 is 1.09 bits per heavy atom. The molecule has 1 amide bonds. The van der Waals surface area contributed by atoms with E-state index in [1.165, 1.54) is 10.7 Å². The Kier molecular flexibility index (Phi) is 7.57. The average molecular weight is 486 g/mol. The summed E-state index contributed by atoms with van der Waals surface area (Å²) in [5, 5.41) is 7.11. The van der Waals surface area contributed by atoms with Gasteiger partial charge in [-0.05, 0) is 63.7 Å². The van der Waals surface area contributed by atoms with E-state index in [1.54, 1.807) is 13.0 Å². The average Bonchev–Trinajstić information content (AvgIpc) is 3.21. The van der Waals surface area contributed by atoms with E-state index in [4.69, 9.17) is 4.52 Å². The zero-order valence-corrected chi connectivity index (χ0v) is 21.2. The van der Waals surface area contributed by atoms with Crippen molar-refractivity contribution in [1.29, 1.82) is 0 Å². The second-order valence-corrected chi connectivity index (χ2v) is 11.6. The Balaban J connectivity index is 1.52. The molecule has 1 aromatic heterocycles. The van der Waals surface area contributed by atoms with Gasteiger partial charge in [0.25, 0.3) is 0 Å². The van der Waals surface area contributed by atoms with Gasteiger partial charge < -0.3 is 9.84 Å². The van der Waals surface area contributed by atoms with Crippen LogP contribution < -0.4 is 5.32 Å². The normalized spacial score (nSPS) is 20.6. The summed E-state index contributed by atoms with van der Waals surface area (Å²) >= 11 is 0. The molecule has 1 aromatic carbocycles. The Morgan fingerprint density at radius 2 is 1.85 bits per heavy atom. The van der Waals surface area contributed by atoms with E-state index in [9.17, 15) is 13.2 Å². The van der Waals surface area contributed by atoms with Crippen LogP contribution in [0.3, 0.4) is 0 Å². The maximum atomic E-state index is 13.6. The van der Waals surface area contributed by atoms with E-state index in [0.717, 1.165) is 42.4 Å². The first-order chi connectivity index (χ1) is 16.3. The number of nitrogens with zero attached hydrogens (tertiary/aromatic N) is 2. The van der Waals surface area contributed by atoms with E-state index in [-0.39, 0.29) is 35.1 Å². The van der Waals surface area contributed by atoms with Crippen molar-refractivity contribution in [3.63, 3.8) is 0 Å². The van der Waals surface area contributed by atoms with Gasteiger partial charge in [-0.25, -0.2) is 8.42 Å². The molecule has 1 saturated heterocycles. The second-order valence-electron chi connectivity index (χ2n) is 9.70. The second kappa shape index (κ2) is 10.4. The summed E-state index contributed by atoms with van der Waals surface area (Å²) in [5.41, 5.74) is 3.53. The summed E-state index contributed by atoms with van der Waals surface area (Å²) in [5.74, 6) is -0.143. The number of nitrogens with one attached hydrogen (secondary N) is 1. The van der Waals surface area contributed by atoms with Crippen LogP contribution in [0.4, 0.5) is 0 Å². The molecule has 184 valence electrons. The van der Waals surface area contributed by atoms with E-state index >= 15 is 0 Å². The molecule has 7 nitrogen and oxygen atoms in total. The number of aromatic nitrogens is 1. The molecule has 1 aliphatic heterocycles. The van der Waals surface area contributed by atoms with Gasteiger partial charge in [0.15, 0.2) is 10.7 Å². The van der Waals surface area contributed by atoms with Crippen LogP contribution in [0.15, 0.2) is 27.6 Å². The molecule has 0 radical (unpaired) electrons. The minimum absolute atomic E-state index is 0.0242. The van der Waals surface area contributed by atoms with Crippen molar-refractivity contribution in [2.75, 3.05) is 13.1 Å². The van der Waals surface area contributed by atoms with Crippen LogP contribution in [0, 0.1) is 26.7 Å². The highest BCUT2D eigenvalue weighted by molar-refractivity contribution is 7.89. The fourth-order valence-electron chi connectivity index (χ4n) is 4.97. The third-order valence-electron chi connectivity index (χ3n) is 6.99. The first-order valence-corrected chi connectivity index (χ1v) is 13.7. The van der Waals surface area contributed by atoms with Crippen LogP contribution in [0.1, 0.15) is 73.1 Å². The summed E-state index contributed by atoms with van der Waals surface area (Å²) in [7, 11) is -3.86. The molecule has 0 bridgehead atoms. The molecule has 4 rings (SSSR count). The Morgan fingerprint density at radius 3 is 2.62 bits per heavy atom. The number of sulfonamides is 1. The number of benzene rings is 1. The fraction of sp³-hybridized carbons (Fsp3) is 0.538. The highest BCUT2D eigenvalue weighted by Gasteiger charge is 2.37. The third kappa shape index (κ3) is 5.44. The van der Waals surface area contributed by atoms with Crippen molar-refractivity contribution in [3.8, 4) is 0 Å². The zero-order chi connectivity index (χ0) is 24.3. The first-order valence-electron chi connectivity index (χ1n) is 12.3. The van der Waals surface area contributed by atoms with Crippen LogP contribution in [-0.2, 0) is 14.8 Å². The molecule has 34 heavy (non-hydrogen) atoms. The van der Waals surface area contributed by atoms with E-state index in [0.29, 0.717) is 25.1 Å². The lowest BCUT2D eigenvalue weighted by Crippen LogP contribution is -2.48. The van der Waals surface area contributed by atoms with Gasteiger partial charge in [0.05, 0.1) is 5.92 Å². The van der Waals surface area contributed by atoms with Crippen molar-refractivity contribution < 1.29 is 17.7 Å². The van der Waals surface area contributed by atoms with Gasteiger partial charge in [-0.3, -0.25) is 4.79 Å². The highest BCUT2D eigenvalue weighted by atomic mass is 32.2. The molecule has 8 heteroatoms. The van der Waals surface area contributed by atoms with Gasteiger partial charge in [-0.1, -0.05) is 54.3 Å². The van der Waals surface area contributed by atoms with Crippen LogP contribution in [0.2, 0.25) is 0 Å². The van der Waals surface area contributed by atoms with Gasteiger partial charge in [-0.15, -0.1) is 0 Å². The largest absolute Gasteiger partial charge is 0.355 e. The van der Waals surface area contributed by atoms with Gasteiger partial charge in [0, 0.05) is 19.1 Å². The zero-order valence-electron chi connectivity index (χ0n) is 20.3. The lowest BCUT2D eigenvalue weighted by atomic mass is 9.93. The molecule has 2 aromatic rings. The number of hydrogen-bond donors (Lipinski definition) is 1. The van der Waals surface area contributed by atoms with Crippen molar-refractivity contribution >= 4 is 28.1 Å². The maximum absolute atomic E-state index is 13.6. The SMILES string of the molecule is Cc1ccc(C)c(/C=C/c2onc(C)c2S(=O)(=O)N2CCC[C@@H](C(=O)NC3CCCCC3)C2)c1. The maximum Gasteiger partial charge on any atom is 0.248 e. The molecule has 1 N–H and O–H groups in total. The highest BCUT2D eigenvalue weighted by Crippen LogP contribution is 2.30. The Hall–Kier alpha value is -2.45. The number of hydrogen-bond acceptors (Lipinski definition) is 5. The monoisotopic (exact) mass is 485 g/mol. The minimum Gasteiger partial charge on any atom is -0.355 e. The lowest BCUT2D eigenvalue weighted by molar-refractivity contribution is -0.127. The van der Waals surface area contributed by atoms with Crippen molar-refractivity contribution in [1.82, 2.24) is 14.8 Å². The van der Waals surface area contributed by atoms with Gasteiger partial charge >= 0.3 is 0 Å². The molecule has 1 saturated carbocycles. The molecule has 0 spiro atoms. The number of aryl methyl sites for hydroxylation is 3. The Labute approximate surface area is 202 Å². The third-order valence-corrected chi connectivity index (χ3v) is 9.01. The van der Waals surface area contributed by atoms with Gasteiger partial charge in [0.1, 0.15) is 5.69 Å². The molecule has 0 unspecified atom stereocenters. The van der Waals surface area contributed by atoms with E-state index in [1.807, 2.05) is 38.1 Å². The summed E-state index contributed by atoms with van der Waals surface area (Å²) in [6.07, 6.45) is 10.4. The quantitative estimate of drug-likeness (QED) is 0.645. The molecular formula is C26H35N3O4S. The fourth-order valence-corrected chi connectivity index (χ4v) is 6.75. The number of amides is 1. The van der Waals surface area contributed by atoms with Crippen molar-refractivity contribution in [2.24, 2.45) is 5.92 Å². The lowest BCUT2D eigenvalue weighted by Gasteiger charge is -2.32. The van der Waals surface area contributed by atoms with Crippen LogP contribution in [-0.4, -0.2) is 42.9 Å². The molecule has 1 aliphatic carbocycles. The van der Waals surface area contributed by atoms with E-state index in [2.05, 4.69) is 10.5 Å². The van der Waals surface area contributed by atoms with Crippen molar-refractivity contribution in [2.45, 2.75) is 76.7 Å². The Bertz CT molecular complexity index is 1160. The van der Waals surface area contributed by atoms with Gasteiger partial charge in [-0.2, -0.15) is 4.31 Å². The van der Waals surface area contributed by atoms with Crippen molar-refractivity contribution in [3.05, 3.63) is 46.3 Å². The van der Waals surface area contributed by atoms with Crippen LogP contribution >= 0.6 is 0 Å². The predicted molar refractivity (Wildman–Crippen MR) is 133 cm³/mol. The molecular weight excluding hydrogens is 450 g/mol. The summed E-state index contributed by atoms with van der Waals surface area (Å²) in [4.78, 5) is 13.0. The number of carbonyl (C=O) groups excluding carboxylic acids is 1. The van der Waals surface area contributed by atoms with Crippen LogP contribution in [0.25, 0.3) is 12.2 Å². The molecule has 2 fully saturated rings. The number of rotatable bonds is 6.